The van der Waals surface area contributed by atoms with Crippen LogP contribution < -0.4 is 4.74 Å². The molecule has 0 aliphatic rings. The second kappa shape index (κ2) is 2.95. The van der Waals surface area contributed by atoms with Gasteiger partial charge in [-0.05, 0) is 15.9 Å². The van der Waals surface area contributed by atoms with E-state index in [1.807, 2.05) is 7.05 Å². The molecule has 2 rings (SSSR count). The van der Waals surface area contributed by atoms with Gasteiger partial charge in [-0.3, -0.25) is 4.68 Å². The second-order valence-corrected chi connectivity index (χ2v) is 3.28. The van der Waals surface area contributed by atoms with Crippen molar-refractivity contribution in [3.63, 3.8) is 0 Å². The highest BCUT2D eigenvalue weighted by atomic mass is 79.9. The van der Waals surface area contributed by atoms with Gasteiger partial charge in [0.15, 0.2) is 0 Å². The molecule has 13 heavy (non-hydrogen) atoms. The molecule has 68 valence electrons. The molecule has 5 nitrogen and oxygen atoms in total. The van der Waals surface area contributed by atoms with Gasteiger partial charge >= 0.3 is 0 Å². The molecule has 0 bridgehead atoms. The first-order chi connectivity index (χ1) is 6.24. The molecule has 0 spiro atoms. The van der Waals surface area contributed by atoms with E-state index in [9.17, 15) is 0 Å². The molecule has 0 aliphatic heterocycles. The van der Waals surface area contributed by atoms with Crippen molar-refractivity contribution in [2.24, 2.45) is 7.05 Å². The van der Waals surface area contributed by atoms with Crippen LogP contribution in [0.3, 0.4) is 0 Å². The fraction of sp³-hybridized carbons (Fsp3) is 0.286. The molecule has 0 radical (unpaired) electrons. The molecular weight excluding hydrogens is 236 g/mol. The van der Waals surface area contributed by atoms with E-state index in [2.05, 4.69) is 31.2 Å². The molecule has 0 saturated carbocycles. The molecule has 0 unspecified atom stereocenters. The maximum absolute atomic E-state index is 5.06. The highest BCUT2D eigenvalue weighted by Crippen LogP contribution is 2.28. The lowest BCUT2D eigenvalue weighted by molar-refractivity contribution is 0.397. The topological polar surface area (TPSA) is 52.8 Å². The summed E-state index contributed by atoms with van der Waals surface area (Å²) >= 11 is 3.33. The van der Waals surface area contributed by atoms with E-state index in [1.165, 1.54) is 0 Å². The maximum Gasteiger partial charge on any atom is 0.245 e. The van der Waals surface area contributed by atoms with Crippen LogP contribution in [0, 0.1) is 0 Å². The quantitative estimate of drug-likeness (QED) is 0.753. The molecule has 2 aromatic rings. The zero-order valence-electron chi connectivity index (χ0n) is 7.15. The second-order valence-electron chi connectivity index (χ2n) is 2.53. The molecule has 0 atom stereocenters. The molecule has 0 amide bonds. The molecule has 2 heterocycles. The fourth-order valence-corrected chi connectivity index (χ4v) is 1.79. The summed E-state index contributed by atoms with van der Waals surface area (Å²) in [7, 11) is 3.40. The minimum atomic E-state index is 0.484. The first-order valence-electron chi connectivity index (χ1n) is 3.62. The summed E-state index contributed by atoms with van der Waals surface area (Å²) in [5.41, 5.74) is 0.888. The fourth-order valence-electron chi connectivity index (χ4n) is 1.18. The van der Waals surface area contributed by atoms with Gasteiger partial charge < -0.3 is 4.74 Å². The number of methoxy groups -OCH3 is 1. The molecule has 0 N–H and O–H groups in total. The van der Waals surface area contributed by atoms with Crippen molar-refractivity contribution in [3.8, 4) is 5.88 Å². The van der Waals surface area contributed by atoms with Crippen LogP contribution in [0.4, 0.5) is 0 Å². The first-order valence-corrected chi connectivity index (χ1v) is 4.41. The van der Waals surface area contributed by atoms with Crippen molar-refractivity contribution in [2.45, 2.75) is 0 Å². The smallest absolute Gasteiger partial charge is 0.245 e. The van der Waals surface area contributed by atoms with Crippen LogP contribution in [0.15, 0.2) is 10.8 Å². The molecule has 0 aliphatic carbocycles. The summed E-state index contributed by atoms with van der Waals surface area (Å²) in [6.45, 7) is 0. The highest BCUT2D eigenvalue weighted by molar-refractivity contribution is 9.10. The molecule has 2 aromatic heterocycles. The summed E-state index contributed by atoms with van der Waals surface area (Å²) in [5.74, 6) is 0.484. The molecule has 6 heteroatoms. The Labute approximate surface area is 82.8 Å². The van der Waals surface area contributed by atoms with Gasteiger partial charge in [0.25, 0.3) is 0 Å². The van der Waals surface area contributed by atoms with Crippen molar-refractivity contribution in [1.82, 2.24) is 20.0 Å². The monoisotopic (exact) mass is 242 g/mol. The lowest BCUT2D eigenvalue weighted by Crippen LogP contribution is -1.93. The van der Waals surface area contributed by atoms with Gasteiger partial charge in [0.1, 0.15) is 4.60 Å². The highest BCUT2D eigenvalue weighted by Gasteiger charge is 2.12. The average Bonchev–Trinajstić information content (AvgIpc) is 2.43. The van der Waals surface area contributed by atoms with Crippen molar-refractivity contribution in [2.75, 3.05) is 7.11 Å². The standard InChI is InChI=1S/C7H7BrN4O/c1-12-4-3-9-10-7(13-2)5(4)6(8)11-12/h3H,1-2H3. The number of halogens is 1. The number of rotatable bonds is 1. The van der Waals surface area contributed by atoms with Gasteiger partial charge in [0.05, 0.1) is 24.2 Å². The summed E-state index contributed by atoms with van der Waals surface area (Å²) in [4.78, 5) is 0. The van der Waals surface area contributed by atoms with Crippen molar-refractivity contribution in [3.05, 3.63) is 10.8 Å². The van der Waals surface area contributed by atoms with Gasteiger partial charge in [-0.15, -0.1) is 5.10 Å². The average molecular weight is 243 g/mol. The van der Waals surface area contributed by atoms with Crippen LogP contribution in [0.1, 0.15) is 0 Å². The van der Waals surface area contributed by atoms with Crippen molar-refractivity contribution < 1.29 is 4.74 Å². The summed E-state index contributed by atoms with van der Waals surface area (Å²) in [6, 6.07) is 0. The summed E-state index contributed by atoms with van der Waals surface area (Å²) in [5, 5.41) is 12.7. The SMILES string of the molecule is COc1nncc2c1c(Br)nn2C. The number of aromatic nitrogens is 4. The Hall–Kier alpha value is -1.17. The minimum absolute atomic E-state index is 0.484. The number of hydrogen-bond donors (Lipinski definition) is 0. The van der Waals surface area contributed by atoms with E-state index in [0.29, 0.717) is 5.88 Å². The Balaban J connectivity index is 2.88. The predicted molar refractivity (Wildman–Crippen MR) is 50.6 cm³/mol. The Morgan fingerprint density at radius 2 is 2.31 bits per heavy atom. The largest absolute Gasteiger partial charge is 0.479 e. The van der Waals surface area contributed by atoms with Crippen LogP contribution in [0.2, 0.25) is 0 Å². The number of aryl methyl sites for hydroxylation is 1. The first kappa shape index (κ1) is 8.43. The van der Waals surface area contributed by atoms with Crippen LogP contribution in [0.5, 0.6) is 5.88 Å². The normalized spacial score (nSPS) is 10.7. The van der Waals surface area contributed by atoms with Gasteiger partial charge in [-0.2, -0.15) is 10.2 Å². The van der Waals surface area contributed by atoms with E-state index in [1.54, 1.807) is 18.0 Å². The number of hydrogen-bond acceptors (Lipinski definition) is 4. The maximum atomic E-state index is 5.06. The summed E-state index contributed by atoms with van der Waals surface area (Å²) < 4.78 is 7.50. The minimum Gasteiger partial charge on any atom is -0.479 e. The molecule has 0 saturated heterocycles. The van der Waals surface area contributed by atoms with E-state index in [-0.39, 0.29) is 0 Å². The van der Waals surface area contributed by atoms with Crippen molar-refractivity contribution >= 4 is 26.8 Å². The molecule has 0 fully saturated rings. The Bertz CT molecular complexity index is 453. The van der Waals surface area contributed by atoms with Gasteiger partial charge in [0.2, 0.25) is 5.88 Å². The number of ether oxygens (including phenoxy) is 1. The molecular formula is C7H7BrN4O. The van der Waals surface area contributed by atoms with E-state index >= 15 is 0 Å². The Kier molecular flexibility index (Phi) is 1.91. The zero-order chi connectivity index (χ0) is 9.42. The number of nitrogens with zero attached hydrogens (tertiary/aromatic N) is 4. The predicted octanol–water partition coefficient (Wildman–Crippen LogP) is 1.13. The van der Waals surface area contributed by atoms with Crippen LogP contribution >= 0.6 is 15.9 Å². The van der Waals surface area contributed by atoms with Crippen LogP contribution in [-0.2, 0) is 7.05 Å². The third-order valence-electron chi connectivity index (χ3n) is 1.78. The zero-order valence-corrected chi connectivity index (χ0v) is 8.74. The molecule has 0 aromatic carbocycles. The lowest BCUT2D eigenvalue weighted by Gasteiger charge is -1.98. The van der Waals surface area contributed by atoms with Gasteiger partial charge in [-0.1, -0.05) is 0 Å². The third kappa shape index (κ3) is 1.17. The van der Waals surface area contributed by atoms with Crippen LogP contribution in [-0.4, -0.2) is 27.1 Å². The Morgan fingerprint density at radius 3 is 3.00 bits per heavy atom. The van der Waals surface area contributed by atoms with E-state index < -0.39 is 0 Å². The van der Waals surface area contributed by atoms with Gasteiger partial charge in [0, 0.05) is 7.05 Å². The van der Waals surface area contributed by atoms with E-state index in [4.69, 9.17) is 4.74 Å². The Morgan fingerprint density at radius 1 is 1.54 bits per heavy atom. The number of fused-ring (bicyclic) bond motifs is 1. The lowest BCUT2D eigenvalue weighted by atomic mass is 10.4. The van der Waals surface area contributed by atoms with Crippen molar-refractivity contribution in [1.29, 1.82) is 0 Å². The van der Waals surface area contributed by atoms with Gasteiger partial charge in [-0.25, -0.2) is 0 Å². The third-order valence-corrected chi connectivity index (χ3v) is 2.34. The van der Waals surface area contributed by atoms with E-state index in [0.717, 1.165) is 15.5 Å². The summed E-state index contributed by atoms with van der Waals surface area (Å²) in [6.07, 6.45) is 1.65. The van der Waals surface area contributed by atoms with Crippen LogP contribution in [0.25, 0.3) is 10.9 Å².